The summed E-state index contributed by atoms with van der Waals surface area (Å²) >= 11 is 0.473. The van der Waals surface area contributed by atoms with Crippen LogP contribution in [-0.2, 0) is 24.3 Å². The molecule has 0 saturated heterocycles. The van der Waals surface area contributed by atoms with Gasteiger partial charge in [0, 0.05) is 5.38 Å². The SMILES string of the molecule is NCC(=O)Nc1ncc(S(=O)(=O)Nc2nc(C(=O)OC(=O)C(F)(F)F)cs2)cc1F. The van der Waals surface area contributed by atoms with Crippen molar-refractivity contribution in [3.8, 4) is 0 Å². The van der Waals surface area contributed by atoms with Gasteiger partial charge in [-0.2, -0.15) is 13.2 Å². The summed E-state index contributed by atoms with van der Waals surface area (Å²) in [6, 6.07) is 0.520. The first kappa shape index (κ1) is 23.1. The van der Waals surface area contributed by atoms with Gasteiger partial charge >= 0.3 is 18.1 Å². The highest BCUT2D eigenvalue weighted by molar-refractivity contribution is 7.93. The van der Waals surface area contributed by atoms with E-state index in [9.17, 15) is 40.4 Å². The van der Waals surface area contributed by atoms with Crippen LogP contribution in [0.2, 0.25) is 0 Å². The maximum atomic E-state index is 13.9. The Morgan fingerprint density at radius 2 is 1.93 bits per heavy atom. The van der Waals surface area contributed by atoms with E-state index < -0.39 is 67.9 Å². The number of nitrogens with one attached hydrogen (secondary N) is 2. The first-order valence-corrected chi connectivity index (χ1v) is 9.67. The van der Waals surface area contributed by atoms with Crippen LogP contribution in [0.4, 0.5) is 28.5 Å². The number of hydrogen-bond acceptors (Lipinski definition) is 10. The number of ether oxygens (including phenoxy) is 1. The normalized spacial score (nSPS) is 11.6. The molecule has 162 valence electrons. The predicted molar refractivity (Wildman–Crippen MR) is 91.3 cm³/mol. The minimum atomic E-state index is -5.41. The third-order valence-corrected chi connectivity index (χ3v) is 5.11. The summed E-state index contributed by atoms with van der Waals surface area (Å²) in [6.07, 6.45) is -4.72. The number of pyridine rings is 1. The number of hydrogen-bond donors (Lipinski definition) is 3. The van der Waals surface area contributed by atoms with E-state index in [2.05, 4.69) is 14.7 Å². The molecule has 30 heavy (non-hydrogen) atoms. The summed E-state index contributed by atoms with van der Waals surface area (Å²) in [5, 5.41) is 2.33. The Balaban J connectivity index is 2.15. The second-order valence-electron chi connectivity index (χ2n) is 5.07. The molecule has 11 nitrogen and oxygen atoms in total. The van der Waals surface area contributed by atoms with E-state index >= 15 is 0 Å². The minimum absolute atomic E-state index is 0.466. The molecule has 1 amide bonds. The Labute approximate surface area is 168 Å². The van der Waals surface area contributed by atoms with Gasteiger partial charge in [-0.3, -0.25) is 9.52 Å². The molecule has 0 spiro atoms. The zero-order chi connectivity index (χ0) is 22.7. The number of aromatic nitrogens is 2. The van der Waals surface area contributed by atoms with Crippen LogP contribution in [0, 0.1) is 5.82 Å². The van der Waals surface area contributed by atoms with Crippen molar-refractivity contribution < 1.29 is 45.1 Å². The molecule has 0 aliphatic carbocycles. The van der Waals surface area contributed by atoms with Crippen molar-refractivity contribution in [1.29, 1.82) is 0 Å². The molecule has 0 aromatic carbocycles. The molecule has 0 unspecified atom stereocenters. The number of halogens is 4. The van der Waals surface area contributed by atoms with Crippen LogP contribution in [0.25, 0.3) is 0 Å². The smallest absolute Gasteiger partial charge is 0.381 e. The Hall–Kier alpha value is -3.18. The first-order valence-electron chi connectivity index (χ1n) is 7.30. The molecule has 2 rings (SSSR count). The number of esters is 2. The molecule has 0 aliphatic rings. The molecule has 2 aromatic rings. The van der Waals surface area contributed by atoms with Crippen LogP contribution in [0.5, 0.6) is 0 Å². The first-order chi connectivity index (χ1) is 13.8. The summed E-state index contributed by atoms with van der Waals surface area (Å²) in [5.41, 5.74) is 4.27. The Kier molecular flexibility index (Phi) is 6.68. The molecule has 0 radical (unpaired) electrons. The molecule has 0 bridgehead atoms. The highest BCUT2D eigenvalue weighted by Gasteiger charge is 2.42. The van der Waals surface area contributed by atoms with E-state index in [1.807, 2.05) is 10.0 Å². The van der Waals surface area contributed by atoms with E-state index in [0.29, 0.717) is 23.6 Å². The third-order valence-electron chi connectivity index (χ3n) is 2.92. The van der Waals surface area contributed by atoms with Crippen LogP contribution in [0.3, 0.4) is 0 Å². The summed E-state index contributed by atoms with van der Waals surface area (Å²) in [5.74, 6) is -7.08. The number of amides is 1. The zero-order valence-electron chi connectivity index (χ0n) is 14.2. The maximum absolute atomic E-state index is 13.9. The van der Waals surface area contributed by atoms with Crippen LogP contribution in [-0.4, -0.2) is 49.0 Å². The van der Waals surface area contributed by atoms with Gasteiger partial charge in [0.1, 0.15) is 4.90 Å². The summed E-state index contributed by atoms with van der Waals surface area (Å²) < 4.78 is 80.1. The van der Waals surface area contributed by atoms with Gasteiger partial charge in [-0.25, -0.2) is 32.4 Å². The number of thiazole rings is 1. The summed E-state index contributed by atoms with van der Waals surface area (Å²) in [7, 11) is -4.49. The second kappa shape index (κ2) is 8.67. The van der Waals surface area contributed by atoms with Gasteiger partial charge in [0.2, 0.25) is 5.91 Å². The van der Waals surface area contributed by atoms with Crippen LogP contribution in [0.1, 0.15) is 10.5 Å². The Morgan fingerprint density at radius 3 is 2.50 bits per heavy atom. The van der Waals surface area contributed by atoms with E-state index in [0.717, 1.165) is 5.38 Å². The van der Waals surface area contributed by atoms with Crippen molar-refractivity contribution >= 4 is 50.2 Å². The molecule has 0 atom stereocenters. The van der Waals surface area contributed by atoms with E-state index in [4.69, 9.17) is 5.73 Å². The number of rotatable bonds is 6. The van der Waals surface area contributed by atoms with Crippen molar-refractivity contribution in [3.63, 3.8) is 0 Å². The number of alkyl halides is 3. The molecule has 0 fully saturated rings. The highest BCUT2D eigenvalue weighted by atomic mass is 32.2. The molecule has 0 aliphatic heterocycles. The maximum Gasteiger partial charge on any atom is 0.491 e. The van der Waals surface area contributed by atoms with Gasteiger partial charge < -0.3 is 15.8 Å². The zero-order valence-corrected chi connectivity index (χ0v) is 15.8. The van der Waals surface area contributed by atoms with Crippen molar-refractivity contribution in [2.45, 2.75) is 11.1 Å². The molecule has 17 heteroatoms. The average Bonchev–Trinajstić information content (AvgIpc) is 3.10. The van der Waals surface area contributed by atoms with Gasteiger partial charge in [-0.05, 0) is 6.07 Å². The van der Waals surface area contributed by atoms with Crippen molar-refractivity contribution in [2.24, 2.45) is 5.73 Å². The molecular weight excluding hydrogens is 462 g/mol. The van der Waals surface area contributed by atoms with E-state index in [-0.39, 0.29) is 0 Å². The fourth-order valence-corrected chi connectivity index (χ4v) is 3.51. The van der Waals surface area contributed by atoms with Crippen molar-refractivity contribution in [3.05, 3.63) is 29.2 Å². The van der Waals surface area contributed by atoms with Crippen LogP contribution in [0.15, 0.2) is 22.5 Å². The van der Waals surface area contributed by atoms with E-state index in [1.165, 1.54) is 0 Å². The lowest BCUT2D eigenvalue weighted by molar-refractivity contribution is -0.193. The van der Waals surface area contributed by atoms with Gasteiger partial charge in [0.25, 0.3) is 10.0 Å². The van der Waals surface area contributed by atoms with Crippen LogP contribution >= 0.6 is 11.3 Å². The monoisotopic (exact) mass is 471 g/mol. The highest BCUT2D eigenvalue weighted by Crippen LogP contribution is 2.23. The predicted octanol–water partition coefficient (Wildman–Crippen LogP) is 0.621. The standard InChI is InChI=1S/C13H9F4N5O6S2/c14-6-1-5(3-19-9(6)21-8(23)2-18)30(26,27)22-12-20-7(4-29-12)10(24)28-11(25)13(15,16)17/h1,3-4H,2,18H2,(H,20,22)(H,19,21,23). The lowest BCUT2D eigenvalue weighted by Crippen LogP contribution is -2.28. The summed E-state index contributed by atoms with van der Waals surface area (Å²) in [6.45, 7) is -0.466. The average molecular weight is 471 g/mol. The van der Waals surface area contributed by atoms with Gasteiger partial charge in [-0.1, -0.05) is 0 Å². The fourth-order valence-electron chi connectivity index (χ4n) is 1.62. The molecule has 0 saturated carbocycles. The number of sulfonamides is 1. The lowest BCUT2D eigenvalue weighted by atomic mass is 10.4. The Bertz CT molecular complexity index is 1100. The number of nitrogens with two attached hydrogens (primary N) is 1. The lowest BCUT2D eigenvalue weighted by Gasteiger charge is -2.08. The molecule has 2 aromatic heterocycles. The third kappa shape index (κ3) is 5.67. The van der Waals surface area contributed by atoms with Crippen molar-refractivity contribution in [1.82, 2.24) is 9.97 Å². The largest absolute Gasteiger partial charge is 0.491 e. The van der Waals surface area contributed by atoms with Gasteiger partial charge in [-0.15, -0.1) is 11.3 Å². The molecule has 4 N–H and O–H groups in total. The second-order valence-corrected chi connectivity index (χ2v) is 7.61. The number of carbonyl (C=O) groups is 3. The Morgan fingerprint density at radius 1 is 1.27 bits per heavy atom. The van der Waals surface area contributed by atoms with E-state index in [1.54, 1.807) is 0 Å². The number of nitrogens with zero attached hydrogens (tertiary/aromatic N) is 2. The molecular formula is C13H9F4N5O6S2. The van der Waals surface area contributed by atoms with Gasteiger partial charge in [0.05, 0.1) is 12.7 Å². The fraction of sp³-hybridized carbons (Fsp3) is 0.154. The van der Waals surface area contributed by atoms with Crippen LogP contribution < -0.4 is 15.8 Å². The summed E-state index contributed by atoms with van der Waals surface area (Å²) in [4.78, 5) is 39.4. The number of carbonyl (C=O) groups excluding carboxylic acids is 3. The van der Waals surface area contributed by atoms with Gasteiger partial charge in [0.15, 0.2) is 22.5 Å². The minimum Gasteiger partial charge on any atom is -0.381 e. The quantitative estimate of drug-likeness (QED) is 0.310. The van der Waals surface area contributed by atoms with Crippen molar-refractivity contribution in [2.75, 3.05) is 16.6 Å². The number of anilines is 2. The molecule has 2 heterocycles. The topological polar surface area (TPSA) is 170 Å².